The van der Waals surface area contributed by atoms with E-state index in [0.717, 1.165) is 55.3 Å². The van der Waals surface area contributed by atoms with E-state index < -0.39 is 0 Å². The lowest BCUT2D eigenvalue weighted by Crippen LogP contribution is -1.92. The summed E-state index contributed by atoms with van der Waals surface area (Å²) < 4.78 is 8.78. The van der Waals surface area contributed by atoms with Crippen molar-refractivity contribution in [3.63, 3.8) is 0 Å². The first-order chi connectivity index (χ1) is 19.8. The molecule has 0 spiro atoms. The third-order valence-corrected chi connectivity index (χ3v) is 8.88. The minimum absolute atomic E-state index is 0.659. The molecule has 0 aliphatic heterocycles. The summed E-state index contributed by atoms with van der Waals surface area (Å²) in [5.74, 6) is 0. The Hall–Kier alpha value is -5.17. The van der Waals surface area contributed by atoms with E-state index in [0.29, 0.717) is 5.56 Å². The Kier molecular flexibility index (Phi) is 5.10. The molecular weight excluding hydrogens is 506 g/mol. The standard InChI is InChI=1S/C37H21NOS/c38-22-26-18-32(25-15-17-30-29-11-5-7-13-36(29)40-37(30)20-25)33(21-31(26)23-8-2-1-3-9-23)24-14-16-28-27-10-4-6-12-34(27)39-35(28)19-24/h1-21H. The molecule has 40 heavy (non-hydrogen) atoms. The molecule has 186 valence electrons. The highest BCUT2D eigenvalue weighted by Gasteiger charge is 2.17. The first-order valence-corrected chi connectivity index (χ1v) is 14.1. The van der Waals surface area contributed by atoms with E-state index in [1.807, 2.05) is 36.4 Å². The SMILES string of the molecule is N#Cc1cc(-c2ccc3c(c2)sc2ccccc23)c(-c2ccc3c(c2)oc2ccccc23)cc1-c1ccccc1. The molecule has 6 aromatic carbocycles. The summed E-state index contributed by atoms with van der Waals surface area (Å²) in [6.45, 7) is 0. The topological polar surface area (TPSA) is 36.9 Å². The van der Waals surface area contributed by atoms with Crippen LogP contribution in [0, 0.1) is 11.3 Å². The van der Waals surface area contributed by atoms with Gasteiger partial charge >= 0.3 is 0 Å². The number of nitriles is 1. The number of furan rings is 1. The Balaban J connectivity index is 1.40. The van der Waals surface area contributed by atoms with Gasteiger partial charge in [0.05, 0.1) is 11.6 Å². The molecule has 0 N–H and O–H groups in total. The van der Waals surface area contributed by atoms with Crippen molar-refractivity contribution in [1.82, 2.24) is 0 Å². The molecule has 8 aromatic rings. The zero-order chi connectivity index (χ0) is 26.6. The molecule has 0 amide bonds. The van der Waals surface area contributed by atoms with Gasteiger partial charge in [0.1, 0.15) is 11.2 Å². The van der Waals surface area contributed by atoms with Gasteiger partial charge in [-0.2, -0.15) is 5.26 Å². The van der Waals surface area contributed by atoms with E-state index in [9.17, 15) is 5.26 Å². The lowest BCUT2D eigenvalue weighted by atomic mass is 9.87. The first kappa shape index (κ1) is 22.8. The highest BCUT2D eigenvalue weighted by Crippen LogP contribution is 2.42. The average molecular weight is 528 g/mol. The van der Waals surface area contributed by atoms with Crippen molar-refractivity contribution >= 4 is 53.4 Å². The van der Waals surface area contributed by atoms with Crippen LogP contribution in [0.2, 0.25) is 0 Å². The number of hydrogen-bond donors (Lipinski definition) is 0. The van der Waals surface area contributed by atoms with E-state index in [1.54, 1.807) is 11.3 Å². The monoisotopic (exact) mass is 527 g/mol. The predicted molar refractivity (Wildman–Crippen MR) is 168 cm³/mol. The van der Waals surface area contributed by atoms with Crippen molar-refractivity contribution in [1.29, 1.82) is 5.26 Å². The summed E-state index contributed by atoms with van der Waals surface area (Å²) in [6, 6.07) is 46.7. The van der Waals surface area contributed by atoms with Crippen LogP contribution >= 0.6 is 11.3 Å². The zero-order valence-electron chi connectivity index (χ0n) is 21.4. The normalized spacial score (nSPS) is 11.5. The Labute approximate surface area is 235 Å². The molecular formula is C37H21NOS. The third-order valence-electron chi connectivity index (χ3n) is 7.74. The van der Waals surface area contributed by atoms with Gasteiger partial charge in [0.2, 0.25) is 0 Å². The van der Waals surface area contributed by atoms with Crippen LogP contribution in [0.1, 0.15) is 5.56 Å². The molecule has 0 radical (unpaired) electrons. The van der Waals surface area contributed by atoms with E-state index in [4.69, 9.17) is 4.42 Å². The largest absolute Gasteiger partial charge is 0.456 e. The van der Waals surface area contributed by atoms with E-state index in [1.165, 1.54) is 20.2 Å². The molecule has 0 unspecified atom stereocenters. The molecule has 2 nitrogen and oxygen atoms in total. The number of thiophene rings is 1. The van der Waals surface area contributed by atoms with Gasteiger partial charge in [0.25, 0.3) is 0 Å². The van der Waals surface area contributed by atoms with Crippen molar-refractivity contribution in [2.75, 3.05) is 0 Å². The predicted octanol–water partition coefficient (Wildman–Crippen LogP) is 10.8. The van der Waals surface area contributed by atoms with Crippen LogP contribution in [-0.4, -0.2) is 0 Å². The van der Waals surface area contributed by atoms with Crippen molar-refractivity contribution in [3.8, 4) is 39.4 Å². The molecule has 0 fully saturated rings. The summed E-state index contributed by atoms with van der Waals surface area (Å²) in [7, 11) is 0. The van der Waals surface area contributed by atoms with Crippen LogP contribution in [0.3, 0.4) is 0 Å². The molecule has 0 aliphatic carbocycles. The molecule has 2 aromatic heterocycles. The molecule has 0 aliphatic rings. The molecule has 0 atom stereocenters. The summed E-state index contributed by atoms with van der Waals surface area (Å²) in [4.78, 5) is 0. The Morgan fingerprint density at radius 2 is 1.12 bits per heavy atom. The molecule has 3 heteroatoms. The van der Waals surface area contributed by atoms with Gasteiger partial charge in [-0.05, 0) is 70.3 Å². The Morgan fingerprint density at radius 1 is 0.475 bits per heavy atom. The van der Waals surface area contributed by atoms with Gasteiger partial charge in [0.15, 0.2) is 0 Å². The Bertz CT molecular complexity index is 2280. The minimum Gasteiger partial charge on any atom is -0.456 e. The summed E-state index contributed by atoms with van der Waals surface area (Å²) in [6.07, 6.45) is 0. The average Bonchev–Trinajstić information content (AvgIpc) is 3.58. The fourth-order valence-corrected chi connectivity index (χ4v) is 6.96. The van der Waals surface area contributed by atoms with E-state index in [2.05, 4.69) is 97.1 Å². The van der Waals surface area contributed by atoms with Gasteiger partial charge in [-0.25, -0.2) is 0 Å². The minimum atomic E-state index is 0.659. The maximum absolute atomic E-state index is 10.2. The third kappa shape index (κ3) is 3.55. The highest BCUT2D eigenvalue weighted by molar-refractivity contribution is 7.25. The lowest BCUT2D eigenvalue weighted by molar-refractivity contribution is 0.669. The maximum atomic E-state index is 10.2. The van der Waals surface area contributed by atoms with Crippen LogP contribution < -0.4 is 0 Å². The first-order valence-electron chi connectivity index (χ1n) is 13.2. The fourth-order valence-electron chi connectivity index (χ4n) is 5.81. The number of para-hydroxylation sites is 1. The van der Waals surface area contributed by atoms with Crippen molar-refractivity contribution in [2.24, 2.45) is 0 Å². The van der Waals surface area contributed by atoms with Gasteiger partial charge in [-0.1, -0.05) is 84.9 Å². The second kappa shape index (κ2) is 8.95. The van der Waals surface area contributed by atoms with Gasteiger partial charge in [-0.15, -0.1) is 11.3 Å². The maximum Gasteiger partial charge on any atom is 0.136 e. The molecule has 0 saturated heterocycles. The summed E-state index contributed by atoms with van der Waals surface area (Å²) in [5, 5.41) is 15.0. The lowest BCUT2D eigenvalue weighted by Gasteiger charge is -2.15. The fraction of sp³-hybridized carbons (Fsp3) is 0. The zero-order valence-corrected chi connectivity index (χ0v) is 22.2. The summed E-state index contributed by atoms with van der Waals surface area (Å²) in [5.41, 5.74) is 8.60. The molecule has 8 rings (SSSR count). The van der Waals surface area contributed by atoms with Crippen LogP contribution in [0.5, 0.6) is 0 Å². The molecule has 0 saturated carbocycles. The molecule has 2 heterocycles. The van der Waals surface area contributed by atoms with E-state index in [-0.39, 0.29) is 0 Å². The van der Waals surface area contributed by atoms with Gasteiger partial charge in [0, 0.05) is 36.5 Å². The number of hydrogen-bond acceptors (Lipinski definition) is 3. The summed E-state index contributed by atoms with van der Waals surface area (Å²) >= 11 is 1.81. The van der Waals surface area contributed by atoms with Crippen molar-refractivity contribution in [3.05, 3.63) is 133 Å². The van der Waals surface area contributed by atoms with E-state index >= 15 is 0 Å². The Morgan fingerprint density at radius 3 is 1.98 bits per heavy atom. The number of rotatable bonds is 3. The number of fused-ring (bicyclic) bond motifs is 6. The van der Waals surface area contributed by atoms with Crippen LogP contribution in [0.25, 0.3) is 75.5 Å². The van der Waals surface area contributed by atoms with Crippen LogP contribution in [0.4, 0.5) is 0 Å². The van der Waals surface area contributed by atoms with Gasteiger partial charge in [-0.3, -0.25) is 0 Å². The smallest absolute Gasteiger partial charge is 0.136 e. The van der Waals surface area contributed by atoms with Gasteiger partial charge < -0.3 is 4.42 Å². The van der Waals surface area contributed by atoms with Crippen LogP contribution in [-0.2, 0) is 0 Å². The van der Waals surface area contributed by atoms with Crippen molar-refractivity contribution < 1.29 is 4.42 Å². The number of benzene rings is 6. The number of nitrogens with zero attached hydrogens (tertiary/aromatic N) is 1. The second-order valence-electron chi connectivity index (χ2n) is 10.0. The highest BCUT2D eigenvalue weighted by atomic mass is 32.1. The van der Waals surface area contributed by atoms with Crippen LogP contribution in [0.15, 0.2) is 132 Å². The second-order valence-corrected chi connectivity index (χ2v) is 11.1. The quantitative estimate of drug-likeness (QED) is 0.229. The van der Waals surface area contributed by atoms with Crippen molar-refractivity contribution in [2.45, 2.75) is 0 Å². The molecule has 0 bridgehead atoms.